The Balaban J connectivity index is 1.27. The fourth-order valence-corrected chi connectivity index (χ4v) is 5.22. The third-order valence-corrected chi connectivity index (χ3v) is 7.78. The molecule has 236 valence electrons. The van der Waals surface area contributed by atoms with E-state index in [2.05, 4.69) is 15.3 Å². The van der Waals surface area contributed by atoms with Crippen LogP contribution in [0.5, 0.6) is 11.5 Å². The Bertz CT molecular complexity index is 1800. The van der Waals surface area contributed by atoms with Crippen LogP contribution in [0.15, 0.2) is 72.9 Å². The van der Waals surface area contributed by atoms with Crippen LogP contribution < -0.4 is 10.1 Å². The zero-order valence-electron chi connectivity index (χ0n) is 24.9. The number of hydrogen-bond donors (Lipinski definition) is 1. The smallest absolute Gasteiger partial charge is 0.416 e. The molecule has 1 saturated carbocycles. The zero-order valence-corrected chi connectivity index (χ0v) is 24.9. The number of rotatable bonds is 10. The molecule has 1 aliphatic heterocycles. The number of nitrogens with zero attached hydrogens (tertiary/aromatic N) is 3. The van der Waals surface area contributed by atoms with Crippen LogP contribution in [0.2, 0.25) is 0 Å². The second-order valence-corrected chi connectivity index (χ2v) is 11.4. The van der Waals surface area contributed by atoms with Gasteiger partial charge in [0.15, 0.2) is 11.4 Å². The molecule has 1 fully saturated rings. The van der Waals surface area contributed by atoms with Crippen molar-refractivity contribution >= 4 is 17.7 Å². The molecule has 1 aliphatic carbocycles. The lowest BCUT2D eigenvalue weighted by Gasteiger charge is -2.23. The maximum atomic E-state index is 13.9. The first-order valence-electron chi connectivity index (χ1n) is 14.7. The van der Waals surface area contributed by atoms with E-state index in [1.807, 2.05) is 32.0 Å². The Morgan fingerprint density at radius 2 is 1.72 bits per heavy atom. The lowest BCUT2D eigenvalue weighted by molar-refractivity contribution is -0.137. The maximum Gasteiger partial charge on any atom is 0.416 e. The zero-order chi connectivity index (χ0) is 32.6. The molecule has 2 aliphatic rings. The van der Waals surface area contributed by atoms with Crippen LogP contribution >= 0.6 is 0 Å². The summed E-state index contributed by atoms with van der Waals surface area (Å²) < 4.78 is 45.8. The summed E-state index contributed by atoms with van der Waals surface area (Å²) in [7, 11) is 0. The number of halogens is 3. The SMILES string of the molecule is Cc1ccc(CC(CON2C(=O)c3ccccc3C2=O)NC(=O)c2nc(C3CC3)ncc2Oc2cccc(C(F)(F)F)c2)c(C)c1. The number of imide groups is 1. The lowest BCUT2D eigenvalue weighted by atomic mass is 9.99. The third-order valence-electron chi connectivity index (χ3n) is 7.78. The highest BCUT2D eigenvalue weighted by atomic mass is 19.4. The fraction of sp³-hybridized carbons (Fsp3) is 0.265. The highest BCUT2D eigenvalue weighted by Crippen LogP contribution is 2.39. The van der Waals surface area contributed by atoms with Crippen molar-refractivity contribution in [1.82, 2.24) is 20.3 Å². The molecule has 1 atom stereocenters. The van der Waals surface area contributed by atoms with Gasteiger partial charge in [-0.3, -0.25) is 19.2 Å². The molecular weight excluding hydrogens is 601 g/mol. The van der Waals surface area contributed by atoms with Gasteiger partial charge in [0.25, 0.3) is 17.7 Å². The molecule has 3 aromatic carbocycles. The summed E-state index contributed by atoms with van der Waals surface area (Å²) >= 11 is 0. The van der Waals surface area contributed by atoms with Gasteiger partial charge in [0, 0.05) is 5.92 Å². The average Bonchev–Trinajstić information content (AvgIpc) is 3.84. The molecular formula is C34H29F3N4O5. The second-order valence-electron chi connectivity index (χ2n) is 11.4. The average molecular weight is 631 g/mol. The standard InChI is InChI=1S/C34H29F3N4O5/c1-19-10-11-22(20(2)14-19)15-24(18-45-41-32(43)26-8-3-4-9-27(26)33(41)44)39-31(42)29-28(17-38-30(40-29)21-12-13-21)46-25-7-5-6-23(16-25)34(35,36)37/h3-11,14,16-17,21,24H,12-13,15,18H2,1-2H3,(H,39,42). The molecule has 0 radical (unpaired) electrons. The minimum atomic E-state index is -4.59. The monoisotopic (exact) mass is 630 g/mol. The van der Waals surface area contributed by atoms with Gasteiger partial charge in [-0.1, -0.05) is 42.0 Å². The van der Waals surface area contributed by atoms with Crippen LogP contribution in [0.25, 0.3) is 0 Å². The highest BCUT2D eigenvalue weighted by molar-refractivity contribution is 6.20. The normalized spacial score (nSPS) is 15.1. The first-order chi connectivity index (χ1) is 22.0. The van der Waals surface area contributed by atoms with E-state index in [4.69, 9.17) is 9.57 Å². The first kappa shape index (κ1) is 30.9. The summed E-state index contributed by atoms with van der Waals surface area (Å²) in [4.78, 5) is 54.2. The fourth-order valence-electron chi connectivity index (χ4n) is 5.22. The van der Waals surface area contributed by atoms with Crippen molar-refractivity contribution in [3.63, 3.8) is 0 Å². The molecule has 3 amide bonds. The van der Waals surface area contributed by atoms with Gasteiger partial charge < -0.3 is 10.1 Å². The van der Waals surface area contributed by atoms with Gasteiger partial charge in [0.2, 0.25) is 0 Å². The van der Waals surface area contributed by atoms with Gasteiger partial charge in [-0.25, -0.2) is 9.97 Å². The number of hydrogen-bond acceptors (Lipinski definition) is 7. The number of alkyl halides is 3. The number of amides is 3. The van der Waals surface area contributed by atoms with E-state index in [0.717, 1.165) is 41.7 Å². The van der Waals surface area contributed by atoms with Gasteiger partial charge in [-0.2, -0.15) is 13.2 Å². The number of aryl methyl sites for hydroxylation is 2. The van der Waals surface area contributed by atoms with Crippen molar-refractivity contribution in [2.45, 2.75) is 51.2 Å². The summed E-state index contributed by atoms with van der Waals surface area (Å²) in [5.41, 5.74) is 2.26. The van der Waals surface area contributed by atoms with E-state index >= 15 is 0 Å². The van der Waals surface area contributed by atoms with Crippen molar-refractivity contribution in [2.24, 2.45) is 0 Å². The molecule has 0 spiro atoms. The van der Waals surface area contributed by atoms with E-state index in [9.17, 15) is 27.6 Å². The van der Waals surface area contributed by atoms with E-state index in [1.165, 1.54) is 30.5 Å². The molecule has 0 saturated heterocycles. The van der Waals surface area contributed by atoms with Crippen LogP contribution in [-0.4, -0.2) is 45.4 Å². The van der Waals surface area contributed by atoms with E-state index in [0.29, 0.717) is 10.9 Å². The summed E-state index contributed by atoms with van der Waals surface area (Å²) in [6.07, 6.45) is -1.35. The number of benzene rings is 3. The van der Waals surface area contributed by atoms with Crippen molar-refractivity contribution in [2.75, 3.05) is 6.61 Å². The van der Waals surface area contributed by atoms with Gasteiger partial charge >= 0.3 is 6.18 Å². The lowest BCUT2D eigenvalue weighted by Crippen LogP contribution is -2.43. The molecule has 46 heavy (non-hydrogen) atoms. The summed E-state index contributed by atoms with van der Waals surface area (Å²) in [6, 6.07) is 15.7. The number of hydroxylamine groups is 2. The van der Waals surface area contributed by atoms with Crippen LogP contribution in [0, 0.1) is 13.8 Å². The Labute approximate surface area is 262 Å². The number of ether oxygens (including phenoxy) is 1. The molecule has 1 N–H and O–H groups in total. The summed E-state index contributed by atoms with van der Waals surface area (Å²) in [5, 5.41) is 3.57. The summed E-state index contributed by atoms with van der Waals surface area (Å²) in [5.74, 6) is -1.70. The van der Waals surface area contributed by atoms with E-state index < -0.39 is 35.5 Å². The molecule has 1 unspecified atom stereocenters. The van der Waals surface area contributed by atoms with Crippen LogP contribution in [0.3, 0.4) is 0 Å². The molecule has 4 aromatic rings. The van der Waals surface area contributed by atoms with Crippen molar-refractivity contribution < 1.29 is 37.1 Å². The third kappa shape index (κ3) is 6.62. The molecule has 2 heterocycles. The van der Waals surface area contributed by atoms with Gasteiger partial charge in [0.05, 0.1) is 35.5 Å². The second kappa shape index (κ2) is 12.4. The van der Waals surface area contributed by atoms with Gasteiger partial charge in [-0.05, 0) is 74.6 Å². The van der Waals surface area contributed by atoms with Crippen LogP contribution in [0.1, 0.15) is 78.0 Å². The number of aromatic nitrogens is 2. The molecule has 9 nitrogen and oxygen atoms in total. The van der Waals surface area contributed by atoms with Crippen molar-refractivity contribution in [3.8, 4) is 11.5 Å². The molecule has 12 heteroatoms. The van der Waals surface area contributed by atoms with Crippen LogP contribution in [0.4, 0.5) is 13.2 Å². The Kier molecular flexibility index (Phi) is 8.30. The van der Waals surface area contributed by atoms with Crippen LogP contribution in [-0.2, 0) is 17.4 Å². The number of carbonyl (C=O) groups excluding carboxylic acids is 3. The highest BCUT2D eigenvalue weighted by Gasteiger charge is 2.37. The Hall–Kier alpha value is -5.10. The number of carbonyl (C=O) groups is 3. The minimum Gasteiger partial charge on any atom is -0.453 e. The molecule has 6 rings (SSSR count). The Morgan fingerprint density at radius 3 is 2.37 bits per heavy atom. The maximum absolute atomic E-state index is 13.9. The van der Waals surface area contributed by atoms with E-state index in [-0.39, 0.29) is 47.3 Å². The molecule has 0 bridgehead atoms. The number of nitrogens with one attached hydrogen (secondary N) is 1. The number of fused-ring (bicyclic) bond motifs is 1. The first-order valence-corrected chi connectivity index (χ1v) is 14.7. The van der Waals surface area contributed by atoms with E-state index in [1.54, 1.807) is 12.1 Å². The van der Waals surface area contributed by atoms with Gasteiger partial charge in [0.1, 0.15) is 11.6 Å². The predicted octanol–water partition coefficient (Wildman–Crippen LogP) is 6.35. The topological polar surface area (TPSA) is 111 Å². The van der Waals surface area contributed by atoms with Gasteiger partial charge in [-0.15, -0.1) is 5.06 Å². The quantitative estimate of drug-likeness (QED) is 0.203. The predicted molar refractivity (Wildman–Crippen MR) is 159 cm³/mol. The largest absolute Gasteiger partial charge is 0.453 e. The minimum absolute atomic E-state index is 0.0670. The van der Waals surface area contributed by atoms with Crippen molar-refractivity contribution in [1.29, 1.82) is 0 Å². The summed E-state index contributed by atoms with van der Waals surface area (Å²) in [6.45, 7) is 3.63. The Morgan fingerprint density at radius 1 is 1.00 bits per heavy atom. The molecule has 1 aromatic heterocycles. The van der Waals surface area contributed by atoms with Crippen molar-refractivity contribution in [3.05, 3.63) is 118 Å².